The molecular weight excluding hydrogens is 307 g/mol. The van der Waals surface area contributed by atoms with E-state index in [0.29, 0.717) is 25.3 Å². The van der Waals surface area contributed by atoms with Crippen molar-refractivity contribution in [2.75, 3.05) is 20.2 Å². The Morgan fingerprint density at radius 2 is 1.88 bits per heavy atom. The number of nitrogens with zero attached hydrogens (tertiary/aromatic N) is 1. The second-order valence-electron chi connectivity index (χ2n) is 5.83. The highest BCUT2D eigenvalue weighted by atomic mass is 19.1. The van der Waals surface area contributed by atoms with Gasteiger partial charge in [0.25, 0.3) is 0 Å². The molecule has 0 heterocycles. The van der Waals surface area contributed by atoms with Gasteiger partial charge in [0.2, 0.25) is 0 Å². The van der Waals surface area contributed by atoms with Gasteiger partial charge in [-0.2, -0.15) is 0 Å². The maximum Gasteiger partial charge on any atom is 0.317 e. The molecule has 4 nitrogen and oxygen atoms in total. The van der Waals surface area contributed by atoms with Crippen molar-refractivity contribution in [3.63, 3.8) is 0 Å². The van der Waals surface area contributed by atoms with Gasteiger partial charge in [0.1, 0.15) is 18.2 Å². The number of nitrogens with one attached hydrogen (secondary N) is 1. The molecule has 0 aliphatic rings. The van der Waals surface area contributed by atoms with E-state index in [9.17, 15) is 9.18 Å². The number of hydrogen-bond acceptors (Lipinski definition) is 2. The number of carbonyl (C=O) groups is 1. The Balaban J connectivity index is 1.73. The fourth-order valence-electron chi connectivity index (χ4n) is 2.10. The summed E-state index contributed by atoms with van der Waals surface area (Å²) in [6, 6.07) is 12.5. The van der Waals surface area contributed by atoms with Crippen molar-refractivity contribution >= 4 is 6.03 Å². The molecule has 0 atom stereocenters. The first-order valence-electron chi connectivity index (χ1n) is 7.89. The number of rotatable bonds is 6. The van der Waals surface area contributed by atoms with Crippen LogP contribution < -0.4 is 10.1 Å². The van der Waals surface area contributed by atoms with Gasteiger partial charge in [-0.1, -0.05) is 29.8 Å². The van der Waals surface area contributed by atoms with Gasteiger partial charge in [-0.15, -0.1) is 0 Å². The number of aryl methyl sites for hydroxylation is 2. The first kappa shape index (κ1) is 17.8. The Morgan fingerprint density at radius 1 is 1.17 bits per heavy atom. The SMILES string of the molecule is Cc1ccc(OCCN(C)C(=O)NCc2ccc(C)c(F)c2)cc1. The molecule has 1 N–H and O–H groups in total. The second kappa shape index (κ2) is 8.34. The highest BCUT2D eigenvalue weighted by Gasteiger charge is 2.08. The first-order chi connectivity index (χ1) is 11.5. The van der Waals surface area contributed by atoms with Crippen LogP contribution in [0.3, 0.4) is 0 Å². The summed E-state index contributed by atoms with van der Waals surface area (Å²) >= 11 is 0. The van der Waals surface area contributed by atoms with Crippen molar-refractivity contribution in [1.82, 2.24) is 10.2 Å². The molecule has 0 spiro atoms. The third kappa shape index (κ3) is 5.26. The zero-order valence-corrected chi connectivity index (χ0v) is 14.3. The van der Waals surface area contributed by atoms with E-state index in [1.807, 2.05) is 31.2 Å². The fourth-order valence-corrected chi connectivity index (χ4v) is 2.10. The molecule has 0 fully saturated rings. The summed E-state index contributed by atoms with van der Waals surface area (Å²) in [5.74, 6) is 0.520. The van der Waals surface area contributed by atoms with Gasteiger partial charge < -0.3 is 15.0 Å². The van der Waals surface area contributed by atoms with Gasteiger partial charge in [0.15, 0.2) is 0 Å². The van der Waals surface area contributed by atoms with E-state index in [-0.39, 0.29) is 11.8 Å². The van der Waals surface area contributed by atoms with Crippen LogP contribution in [0.25, 0.3) is 0 Å². The predicted molar refractivity (Wildman–Crippen MR) is 92.7 cm³/mol. The average Bonchev–Trinajstić information content (AvgIpc) is 2.57. The Bertz CT molecular complexity index is 686. The molecule has 24 heavy (non-hydrogen) atoms. The third-order valence-electron chi connectivity index (χ3n) is 3.74. The lowest BCUT2D eigenvalue weighted by Crippen LogP contribution is -2.39. The molecule has 2 aromatic carbocycles. The lowest BCUT2D eigenvalue weighted by Gasteiger charge is -2.18. The van der Waals surface area contributed by atoms with Crippen LogP contribution in [0.15, 0.2) is 42.5 Å². The van der Waals surface area contributed by atoms with E-state index in [0.717, 1.165) is 11.3 Å². The Labute approximate surface area is 142 Å². The van der Waals surface area contributed by atoms with E-state index in [1.54, 1.807) is 31.0 Å². The normalized spacial score (nSPS) is 10.3. The number of amides is 2. The van der Waals surface area contributed by atoms with Crippen LogP contribution >= 0.6 is 0 Å². The number of ether oxygens (including phenoxy) is 1. The molecule has 2 aromatic rings. The standard InChI is InChI=1S/C19H23FN2O2/c1-14-4-8-17(9-5-14)24-11-10-22(3)19(23)21-13-16-7-6-15(2)18(20)12-16/h4-9,12H,10-11,13H2,1-3H3,(H,21,23). The average molecular weight is 330 g/mol. The molecule has 0 unspecified atom stereocenters. The van der Waals surface area contributed by atoms with Crippen molar-refractivity contribution in [2.24, 2.45) is 0 Å². The smallest absolute Gasteiger partial charge is 0.317 e. The summed E-state index contributed by atoms with van der Waals surface area (Å²) in [6.07, 6.45) is 0. The zero-order valence-electron chi connectivity index (χ0n) is 14.3. The summed E-state index contributed by atoms with van der Waals surface area (Å²) in [7, 11) is 1.70. The predicted octanol–water partition coefficient (Wildman–Crippen LogP) is 3.66. The van der Waals surface area contributed by atoms with E-state index >= 15 is 0 Å². The van der Waals surface area contributed by atoms with Gasteiger partial charge in [0.05, 0.1) is 6.54 Å². The number of likely N-dealkylation sites (N-methyl/N-ethyl adjacent to an activating group) is 1. The van der Waals surface area contributed by atoms with Crippen molar-refractivity contribution in [3.8, 4) is 5.75 Å². The minimum absolute atomic E-state index is 0.219. The molecule has 128 valence electrons. The van der Waals surface area contributed by atoms with Crippen molar-refractivity contribution < 1.29 is 13.9 Å². The zero-order chi connectivity index (χ0) is 17.5. The van der Waals surface area contributed by atoms with Gasteiger partial charge in [-0.3, -0.25) is 0 Å². The molecule has 0 saturated carbocycles. The fraction of sp³-hybridized carbons (Fsp3) is 0.316. The minimum Gasteiger partial charge on any atom is -0.492 e. The Hall–Kier alpha value is -2.56. The van der Waals surface area contributed by atoms with Crippen LogP contribution in [-0.2, 0) is 6.54 Å². The Kier molecular flexibility index (Phi) is 6.18. The van der Waals surface area contributed by atoms with Crippen LogP contribution in [0.2, 0.25) is 0 Å². The van der Waals surface area contributed by atoms with Gasteiger partial charge in [-0.25, -0.2) is 9.18 Å². The maximum atomic E-state index is 13.5. The van der Waals surface area contributed by atoms with Gasteiger partial charge in [-0.05, 0) is 43.2 Å². The topological polar surface area (TPSA) is 41.6 Å². The number of halogens is 1. The quantitative estimate of drug-likeness (QED) is 0.878. The van der Waals surface area contributed by atoms with Crippen molar-refractivity contribution in [2.45, 2.75) is 20.4 Å². The van der Waals surface area contributed by atoms with Crippen molar-refractivity contribution in [1.29, 1.82) is 0 Å². The van der Waals surface area contributed by atoms with Crippen LogP contribution in [0.4, 0.5) is 9.18 Å². The molecule has 0 saturated heterocycles. The molecule has 0 aliphatic carbocycles. The molecular formula is C19H23FN2O2. The van der Waals surface area contributed by atoms with Gasteiger partial charge >= 0.3 is 6.03 Å². The van der Waals surface area contributed by atoms with E-state index in [4.69, 9.17) is 4.74 Å². The van der Waals surface area contributed by atoms with Crippen LogP contribution in [0.1, 0.15) is 16.7 Å². The van der Waals surface area contributed by atoms with E-state index in [1.165, 1.54) is 11.6 Å². The maximum absolute atomic E-state index is 13.5. The van der Waals surface area contributed by atoms with Crippen LogP contribution in [0, 0.1) is 19.7 Å². The van der Waals surface area contributed by atoms with Crippen LogP contribution in [0.5, 0.6) is 5.75 Å². The molecule has 2 rings (SSSR count). The number of hydrogen-bond donors (Lipinski definition) is 1. The summed E-state index contributed by atoms with van der Waals surface area (Å²) in [5.41, 5.74) is 2.50. The number of urea groups is 1. The first-order valence-corrected chi connectivity index (χ1v) is 7.89. The third-order valence-corrected chi connectivity index (χ3v) is 3.74. The molecule has 0 aromatic heterocycles. The summed E-state index contributed by atoms with van der Waals surface area (Å²) in [5, 5.41) is 2.77. The van der Waals surface area contributed by atoms with Crippen molar-refractivity contribution in [3.05, 3.63) is 65.0 Å². The highest BCUT2D eigenvalue weighted by molar-refractivity contribution is 5.73. The Morgan fingerprint density at radius 3 is 2.54 bits per heavy atom. The molecule has 0 bridgehead atoms. The largest absolute Gasteiger partial charge is 0.492 e. The lowest BCUT2D eigenvalue weighted by atomic mass is 10.1. The molecule has 2 amide bonds. The van der Waals surface area contributed by atoms with E-state index in [2.05, 4.69) is 5.32 Å². The second-order valence-corrected chi connectivity index (χ2v) is 5.83. The van der Waals surface area contributed by atoms with E-state index < -0.39 is 0 Å². The monoisotopic (exact) mass is 330 g/mol. The number of carbonyl (C=O) groups excluding carboxylic acids is 1. The number of benzene rings is 2. The molecule has 5 heteroatoms. The van der Waals surface area contributed by atoms with Gasteiger partial charge in [0, 0.05) is 13.6 Å². The summed E-state index contributed by atoms with van der Waals surface area (Å²) < 4.78 is 19.1. The molecule has 0 radical (unpaired) electrons. The lowest BCUT2D eigenvalue weighted by molar-refractivity contribution is 0.195. The minimum atomic E-state index is -0.262. The highest BCUT2D eigenvalue weighted by Crippen LogP contribution is 2.11. The summed E-state index contributed by atoms with van der Waals surface area (Å²) in [4.78, 5) is 13.6. The van der Waals surface area contributed by atoms with Crippen LogP contribution in [-0.4, -0.2) is 31.1 Å². The molecule has 0 aliphatic heterocycles. The summed E-state index contributed by atoms with van der Waals surface area (Å²) in [6.45, 7) is 4.88.